The van der Waals surface area contributed by atoms with Gasteiger partial charge in [-0.15, -0.1) is 0 Å². The first kappa shape index (κ1) is 11.4. The normalized spacial score (nSPS) is 15.9. The zero-order valence-corrected chi connectivity index (χ0v) is 10.8. The van der Waals surface area contributed by atoms with Crippen molar-refractivity contribution in [1.29, 1.82) is 0 Å². The Morgan fingerprint density at radius 2 is 2.12 bits per heavy atom. The van der Waals surface area contributed by atoms with E-state index in [0.29, 0.717) is 0 Å². The van der Waals surface area contributed by atoms with E-state index < -0.39 is 0 Å². The average Bonchev–Trinajstić information content (AvgIpc) is 2.29. The molecule has 1 heterocycles. The molecule has 0 radical (unpaired) electrons. The highest BCUT2D eigenvalue weighted by atomic mass is 79.9. The molecule has 16 heavy (non-hydrogen) atoms. The molecule has 1 aromatic rings. The molecular weight excluding hydrogens is 266 g/mol. The van der Waals surface area contributed by atoms with Crippen LogP contribution in [0.5, 0.6) is 0 Å². The van der Waals surface area contributed by atoms with Gasteiger partial charge in [0, 0.05) is 17.6 Å². The molecule has 84 valence electrons. The third kappa shape index (κ3) is 2.35. The Morgan fingerprint density at radius 3 is 2.81 bits per heavy atom. The van der Waals surface area contributed by atoms with Gasteiger partial charge in [-0.05, 0) is 41.4 Å². The SMILES string of the molecule is CC1=CCCN(C(=O)c2ccccc2Br)C1. The van der Waals surface area contributed by atoms with Crippen molar-refractivity contribution >= 4 is 21.8 Å². The van der Waals surface area contributed by atoms with Gasteiger partial charge in [-0.1, -0.05) is 23.8 Å². The summed E-state index contributed by atoms with van der Waals surface area (Å²) in [5.41, 5.74) is 2.02. The highest BCUT2D eigenvalue weighted by molar-refractivity contribution is 9.10. The van der Waals surface area contributed by atoms with E-state index in [2.05, 4.69) is 28.9 Å². The summed E-state index contributed by atoms with van der Waals surface area (Å²) >= 11 is 3.42. The van der Waals surface area contributed by atoms with Crippen LogP contribution in [0.4, 0.5) is 0 Å². The predicted octanol–water partition coefficient (Wildman–Crippen LogP) is 3.24. The van der Waals surface area contributed by atoms with Gasteiger partial charge in [-0.3, -0.25) is 4.79 Å². The van der Waals surface area contributed by atoms with Crippen molar-refractivity contribution in [1.82, 2.24) is 4.90 Å². The average molecular weight is 280 g/mol. The number of hydrogen-bond acceptors (Lipinski definition) is 1. The molecule has 2 nitrogen and oxygen atoms in total. The van der Waals surface area contributed by atoms with Crippen molar-refractivity contribution in [3.05, 3.63) is 46.0 Å². The number of amides is 1. The Bertz CT molecular complexity index is 439. The molecule has 1 aliphatic rings. The van der Waals surface area contributed by atoms with Crippen LogP contribution in [0.15, 0.2) is 40.4 Å². The van der Waals surface area contributed by atoms with Gasteiger partial charge in [0.2, 0.25) is 0 Å². The van der Waals surface area contributed by atoms with Crippen LogP contribution in [0.1, 0.15) is 23.7 Å². The smallest absolute Gasteiger partial charge is 0.255 e. The summed E-state index contributed by atoms with van der Waals surface area (Å²) in [6.45, 7) is 3.64. The monoisotopic (exact) mass is 279 g/mol. The number of halogens is 1. The fraction of sp³-hybridized carbons (Fsp3) is 0.308. The van der Waals surface area contributed by atoms with Gasteiger partial charge >= 0.3 is 0 Å². The van der Waals surface area contributed by atoms with Crippen LogP contribution in [0.2, 0.25) is 0 Å². The molecule has 0 fully saturated rings. The van der Waals surface area contributed by atoms with Gasteiger partial charge in [-0.25, -0.2) is 0 Å². The lowest BCUT2D eigenvalue weighted by atomic mass is 10.1. The minimum Gasteiger partial charge on any atom is -0.334 e. The second kappa shape index (κ2) is 4.83. The van der Waals surface area contributed by atoms with Crippen LogP contribution in [0.3, 0.4) is 0 Å². The molecule has 0 saturated heterocycles. The minimum absolute atomic E-state index is 0.111. The van der Waals surface area contributed by atoms with Crippen LogP contribution in [-0.4, -0.2) is 23.9 Å². The largest absolute Gasteiger partial charge is 0.334 e. The number of carbonyl (C=O) groups excluding carboxylic acids is 1. The van der Waals surface area contributed by atoms with Gasteiger partial charge in [0.25, 0.3) is 5.91 Å². The lowest BCUT2D eigenvalue weighted by Crippen LogP contribution is -2.35. The molecule has 0 atom stereocenters. The Balaban J connectivity index is 2.20. The molecule has 0 aromatic heterocycles. The van der Waals surface area contributed by atoms with Crippen LogP contribution in [0.25, 0.3) is 0 Å². The fourth-order valence-electron chi connectivity index (χ4n) is 1.89. The van der Waals surface area contributed by atoms with Gasteiger partial charge in [0.15, 0.2) is 0 Å². The number of carbonyl (C=O) groups is 1. The minimum atomic E-state index is 0.111. The van der Waals surface area contributed by atoms with Gasteiger partial charge < -0.3 is 4.90 Å². The molecule has 1 amide bonds. The highest BCUT2D eigenvalue weighted by Crippen LogP contribution is 2.20. The highest BCUT2D eigenvalue weighted by Gasteiger charge is 2.19. The van der Waals surface area contributed by atoms with E-state index in [1.54, 1.807) is 0 Å². The second-order valence-electron chi connectivity index (χ2n) is 4.05. The van der Waals surface area contributed by atoms with Crippen LogP contribution in [0, 0.1) is 0 Å². The molecule has 3 heteroatoms. The zero-order chi connectivity index (χ0) is 11.5. The van der Waals surface area contributed by atoms with Crippen molar-refractivity contribution in [2.24, 2.45) is 0 Å². The van der Waals surface area contributed by atoms with E-state index in [0.717, 1.165) is 29.5 Å². The molecule has 0 N–H and O–H groups in total. The number of nitrogens with zero attached hydrogens (tertiary/aromatic N) is 1. The maximum atomic E-state index is 12.2. The van der Waals surface area contributed by atoms with E-state index in [9.17, 15) is 4.79 Å². The van der Waals surface area contributed by atoms with E-state index in [1.807, 2.05) is 29.2 Å². The molecule has 0 aliphatic carbocycles. The molecule has 2 rings (SSSR count). The maximum absolute atomic E-state index is 12.2. The summed E-state index contributed by atoms with van der Waals surface area (Å²) in [6, 6.07) is 7.58. The second-order valence-corrected chi connectivity index (χ2v) is 4.90. The predicted molar refractivity (Wildman–Crippen MR) is 68.4 cm³/mol. The number of rotatable bonds is 1. The maximum Gasteiger partial charge on any atom is 0.255 e. The van der Waals surface area contributed by atoms with Crippen molar-refractivity contribution in [3.8, 4) is 0 Å². The Hall–Kier alpha value is -1.09. The Kier molecular flexibility index (Phi) is 3.44. The van der Waals surface area contributed by atoms with Crippen molar-refractivity contribution in [3.63, 3.8) is 0 Å². The third-order valence-electron chi connectivity index (χ3n) is 2.72. The molecule has 0 unspecified atom stereocenters. The van der Waals surface area contributed by atoms with Crippen molar-refractivity contribution in [2.45, 2.75) is 13.3 Å². The quantitative estimate of drug-likeness (QED) is 0.723. The molecule has 0 spiro atoms. The third-order valence-corrected chi connectivity index (χ3v) is 3.42. The standard InChI is InChI=1S/C13H14BrNO/c1-10-5-4-8-15(9-10)13(16)11-6-2-3-7-12(11)14/h2-3,5-7H,4,8-9H2,1H3. The van der Waals surface area contributed by atoms with Gasteiger partial charge in [0.05, 0.1) is 5.56 Å². The molecule has 0 saturated carbocycles. The van der Waals surface area contributed by atoms with Crippen molar-refractivity contribution in [2.75, 3.05) is 13.1 Å². The fourth-order valence-corrected chi connectivity index (χ4v) is 2.34. The molecule has 1 aliphatic heterocycles. The van der Waals surface area contributed by atoms with E-state index >= 15 is 0 Å². The summed E-state index contributed by atoms with van der Waals surface area (Å²) in [5.74, 6) is 0.111. The van der Waals surface area contributed by atoms with E-state index in [1.165, 1.54) is 5.57 Å². The molecule has 0 bridgehead atoms. The first-order valence-corrected chi connectivity index (χ1v) is 6.17. The topological polar surface area (TPSA) is 20.3 Å². The summed E-state index contributed by atoms with van der Waals surface area (Å²) in [6.07, 6.45) is 3.16. The summed E-state index contributed by atoms with van der Waals surface area (Å²) < 4.78 is 0.868. The van der Waals surface area contributed by atoms with Gasteiger partial charge in [-0.2, -0.15) is 0 Å². The summed E-state index contributed by atoms with van der Waals surface area (Å²) in [4.78, 5) is 14.1. The lowest BCUT2D eigenvalue weighted by Gasteiger charge is -2.26. The number of hydrogen-bond donors (Lipinski definition) is 0. The van der Waals surface area contributed by atoms with Gasteiger partial charge in [0.1, 0.15) is 0 Å². The van der Waals surface area contributed by atoms with Crippen LogP contribution >= 0.6 is 15.9 Å². The molecule has 1 aromatic carbocycles. The van der Waals surface area contributed by atoms with Crippen LogP contribution < -0.4 is 0 Å². The number of benzene rings is 1. The van der Waals surface area contributed by atoms with E-state index in [4.69, 9.17) is 0 Å². The summed E-state index contributed by atoms with van der Waals surface area (Å²) in [7, 11) is 0. The first-order chi connectivity index (χ1) is 7.68. The molecular formula is C13H14BrNO. The van der Waals surface area contributed by atoms with Crippen molar-refractivity contribution < 1.29 is 4.79 Å². The zero-order valence-electron chi connectivity index (χ0n) is 9.24. The van der Waals surface area contributed by atoms with E-state index in [-0.39, 0.29) is 5.91 Å². The Labute approximate surface area is 104 Å². The lowest BCUT2D eigenvalue weighted by molar-refractivity contribution is 0.0765. The Morgan fingerprint density at radius 1 is 1.38 bits per heavy atom. The summed E-state index contributed by atoms with van der Waals surface area (Å²) in [5, 5.41) is 0. The first-order valence-electron chi connectivity index (χ1n) is 5.38. The van der Waals surface area contributed by atoms with Crippen LogP contribution in [-0.2, 0) is 0 Å².